The highest BCUT2D eigenvalue weighted by Gasteiger charge is 2.50. The summed E-state index contributed by atoms with van der Waals surface area (Å²) in [6, 6.07) is 0. The fraction of sp³-hybridized carbons (Fsp3) is 0.875. The molecule has 0 unspecified atom stereocenters. The zero-order chi connectivity index (χ0) is 7.14. The molecule has 0 aliphatic heterocycles. The van der Waals surface area contributed by atoms with Gasteiger partial charge in [0.05, 0.1) is 0 Å². The van der Waals surface area contributed by atoms with Crippen LogP contribution in [0.2, 0.25) is 0 Å². The van der Waals surface area contributed by atoms with Gasteiger partial charge in [-0.1, -0.05) is 0 Å². The summed E-state index contributed by atoms with van der Waals surface area (Å²) in [5.41, 5.74) is 0. The second-order valence-corrected chi connectivity index (χ2v) is 3.46. The Morgan fingerprint density at radius 2 is 2.20 bits per heavy atom. The summed E-state index contributed by atoms with van der Waals surface area (Å²) in [6.07, 6.45) is 3.90. The second kappa shape index (κ2) is 1.97. The van der Waals surface area contributed by atoms with Crippen LogP contribution in [0.3, 0.4) is 0 Å². The van der Waals surface area contributed by atoms with Gasteiger partial charge in [-0.2, -0.15) is 0 Å². The van der Waals surface area contributed by atoms with E-state index in [0.717, 1.165) is 18.3 Å². The van der Waals surface area contributed by atoms with Gasteiger partial charge in [0.2, 0.25) is 5.91 Å². The van der Waals surface area contributed by atoms with Crippen molar-refractivity contribution in [3.05, 3.63) is 0 Å². The Morgan fingerprint density at radius 1 is 1.50 bits per heavy atom. The van der Waals surface area contributed by atoms with Crippen molar-refractivity contribution in [2.24, 2.45) is 17.8 Å². The molecule has 2 fully saturated rings. The van der Waals surface area contributed by atoms with E-state index in [-0.39, 0.29) is 5.91 Å². The predicted octanol–water partition coefficient (Wildman–Crippen LogP) is 0.778. The van der Waals surface area contributed by atoms with Crippen LogP contribution in [-0.4, -0.2) is 13.0 Å². The molecule has 2 nitrogen and oxygen atoms in total. The van der Waals surface area contributed by atoms with Crippen molar-refractivity contribution in [1.29, 1.82) is 0 Å². The number of hydrogen-bond acceptors (Lipinski definition) is 1. The summed E-state index contributed by atoms with van der Waals surface area (Å²) in [7, 11) is 1.73. The minimum absolute atomic E-state index is 0.261. The van der Waals surface area contributed by atoms with E-state index in [1.807, 2.05) is 0 Å². The van der Waals surface area contributed by atoms with Crippen LogP contribution in [0.4, 0.5) is 0 Å². The van der Waals surface area contributed by atoms with Crippen molar-refractivity contribution in [1.82, 2.24) is 5.32 Å². The maximum absolute atomic E-state index is 11.0. The summed E-state index contributed by atoms with van der Waals surface area (Å²) >= 11 is 0. The topological polar surface area (TPSA) is 29.1 Å². The van der Waals surface area contributed by atoms with Crippen LogP contribution < -0.4 is 5.32 Å². The van der Waals surface area contributed by atoms with E-state index >= 15 is 0 Å². The zero-order valence-corrected chi connectivity index (χ0v) is 6.26. The predicted molar refractivity (Wildman–Crippen MR) is 38.4 cm³/mol. The minimum Gasteiger partial charge on any atom is -0.359 e. The van der Waals surface area contributed by atoms with Crippen LogP contribution in [0, 0.1) is 17.8 Å². The van der Waals surface area contributed by atoms with Gasteiger partial charge in [-0.3, -0.25) is 4.79 Å². The maximum Gasteiger partial charge on any atom is 0.223 e. The van der Waals surface area contributed by atoms with Crippen LogP contribution in [0.1, 0.15) is 19.3 Å². The summed E-state index contributed by atoms with van der Waals surface area (Å²) in [6.45, 7) is 0. The van der Waals surface area contributed by atoms with Gasteiger partial charge < -0.3 is 5.32 Å². The van der Waals surface area contributed by atoms with Crippen LogP contribution in [0.25, 0.3) is 0 Å². The van der Waals surface area contributed by atoms with Gasteiger partial charge in [-0.05, 0) is 31.1 Å². The fourth-order valence-corrected chi connectivity index (χ4v) is 1.75. The molecule has 0 aromatic heterocycles. The molecular weight excluding hydrogens is 126 g/mol. The quantitative estimate of drug-likeness (QED) is 0.601. The number of rotatable bonds is 2. The summed E-state index contributed by atoms with van der Waals surface area (Å²) in [5.74, 6) is 2.33. The Bertz CT molecular complexity index is 163. The molecule has 2 heteroatoms. The Kier molecular flexibility index (Phi) is 1.22. The smallest absolute Gasteiger partial charge is 0.223 e. The van der Waals surface area contributed by atoms with E-state index in [2.05, 4.69) is 5.32 Å². The first-order valence-electron chi connectivity index (χ1n) is 4.04. The van der Waals surface area contributed by atoms with Crippen molar-refractivity contribution in [2.75, 3.05) is 7.05 Å². The molecule has 10 heavy (non-hydrogen) atoms. The first-order chi connectivity index (χ1) is 4.83. The molecule has 0 heterocycles. The van der Waals surface area contributed by atoms with E-state index < -0.39 is 0 Å². The maximum atomic E-state index is 11.0. The molecule has 2 aliphatic carbocycles. The van der Waals surface area contributed by atoms with E-state index in [0.29, 0.717) is 5.92 Å². The van der Waals surface area contributed by atoms with Crippen molar-refractivity contribution >= 4 is 5.91 Å². The van der Waals surface area contributed by atoms with Crippen LogP contribution >= 0.6 is 0 Å². The van der Waals surface area contributed by atoms with Gasteiger partial charge >= 0.3 is 0 Å². The highest BCUT2D eigenvalue weighted by atomic mass is 16.1. The molecule has 0 aromatic rings. The monoisotopic (exact) mass is 139 g/mol. The lowest BCUT2D eigenvalue weighted by Gasteiger charge is -1.94. The van der Waals surface area contributed by atoms with Crippen molar-refractivity contribution in [3.8, 4) is 0 Å². The molecule has 2 atom stereocenters. The number of amides is 1. The lowest BCUT2D eigenvalue weighted by Crippen LogP contribution is -2.20. The minimum atomic E-state index is 0.261. The van der Waals surface area contributed by atoms with Crippen molar-refractivity contribution < 1.29 is 4.79 Å². The molecular formula is C8H13NO. The lowest BCUT2D eigenvalue weighted by molar-refractivity contribution is -0.122. The third-order valence-electron chi connectivity index (χ3n) is 2.65. The van der Waals surface area contributed by atoms with E-state index in [9.17, 15) is 4.79 Å². The molecule has 2 saturated carbocycles. The number of nitrogens with one attached hydrogen (secondary N) is 1. The summed E-state index contributed by atoms with van der Waals surface area (Å²) in [5, 5.41) is 2.70. The average Bonchev–Trinajstić information content (AvgIpc) is 2.74. The Morgan fingerprint density at radius 3 is 2.70 bits per heavy atom. The van der Waals surface area contributed by atoms with E-state index in [1.165, 1.54) is 12.8 Å². The molecule has 0 aromatic carbocycles. The molecule has 0 spiro atoms. The van der Waals surface area contributed by atoms with Gasteiger partial charge in [-0.15, -0.1) is 0 Å². The third kappa shape index (κ3) is 0.917. The molecule has 1 N–H and O–H groups in total. The Hall–Kier alpha value is -0.530. The lowest BCUT2D eigenvalue weighted by atomic mass is 10.2. The van der Waals surface area contributed by atoms with Gasteiger partial charge in [-0.25, -0.2) is 0 Å². The van der Waals surface area contributed by atoms with Crippen LogP contribution in [0.15, 0.2) is 0 Å². The third-order valence-corrected chi connectivity index (χ3v) is 2.65. The normalized spacial score (nSPS) is 37.3. The van der Waals surface area contributed by atoms with Gasteiger partial charge in [0.15, 0.2) is 0 Å². The van der Waals surface area contributed by atoms with Crippen LogP contribution in [-0.2, 0) is 4.79 Å². The first kappa shape index (κ1) is 6.20. The molecule has 0 saturated heterocycles. The molecule has 2 aliphatic rings. The van der Waals surface area contributed by atoms with Gasteiger partial charge in [0.1, 0.15) is 0 Å². The molecule has 0 radical (unpaired) electrons. The molecule has 0 bridgehead atoms. The fourth-order valence-electron chi connectivity index (χ4n) is 1.75. The molecule has 56 valence electrons. The van der Waals surface area contributed by atoms with Crippen molar-refractivity contribution in [2.45, 2.75) is 19.3 Å². The first-order valence-corrected chi connectivity index (χ1v) is 4.04. The zero-order valence-electron chi connectivity index (χ0n) is 6.26. The Balaban J connectivity index is 1.82. The van der Waals surface area contributed by atoms with E-state index in [4.69, 9.17) is 0 Å². The average molecular weight is 139 g/mol. The highest BCUT2D eigenvalue weighted by Crippen LogP contribution is 2.54. The van der Waals surface area contributed by atoms with Crippen molar-refractivity contribution in [3.63, 3.8) is 0 Å². The second-order valence-electron chi connectivity index (χ2n) is 3.46. The number of carbonyl (C=O) groups is 1. The standard InChI is InChI=1S/C8H13NO/c1-9-8(10)7-4-6(7)5-2-3-5/h5-7H,2-4H2,1H3,(H,9,10)/t6-,7-/m0/s1. The molecule has 2 rings (SSSR count). The van der Waals surface area contributed by atoms with E-state index in [1.54, 1.807) is 7.05 Å². The van der Waals surface area contributed by atoms with Gasteiger partial charge in [0.25, 0.3) is 0 Å². The Labute approximate surface area is 61.0 Å². The highest BCUT2D eigenvalue weighted by molar-refractivity contribution is 5.81. The molecule has 1 amide bonds. The number of carbonyl (C=O) groups excluding carboxylic acids is 1. The SMILES string of the molecule is CNC(=O)[C@H]1C[C@H]1C1CC1. The van der Waals surface area contributed by atoms with Crippen LogP contribution in [0.5, 0.6) is 0 Å². The largest absolute Gasteiger partial charge is 0.359 e. The summed E-state index contributed by atoms with van der Waals surface area (Å²) in [4.78, 5) is 11.0. The number of hydrogen-bond donors (Lipinski definition) is 1. The summed E-state index contributed by atoms with van der Waals surface area (Å²) < 4.78 is 0. The van der Waals surface area contributed by atoms with Gasteiger partial charge in [0, 0.05) is 13.0 Å².